The van der Waals surface area contributed by atoms with Gasteiger partial charge in [-0.2, -0.15) is 0 Å². The number of fused-ring (bicyclic) bond motifs is 1. The van der Waals surface area contributed by atoms with Gasteiger partial charge in [-0.25, -0.2) is 5.43 Å². The first-order chi connectivity index (χ1) is 9.81. The van der Waals surface area contributed by atoms with Crippen molar-refractivity contribution < 1.29 is 0 Å². The topological polar surface area (TPSA) is 63.8 Å². The van der Waals surface area contributed by atoms with E-state index in [1.807, 2.05) is 31.3 Å². The molecule has 3 rings (SSSR count). The zero-order valence-corrected chi connectivity index (χ0v) is 11.2. The Morgan fingerprint density at radius 2 is 1.90 bits per heavy atom. The molecule has 3 aromatic rings. The minimum Gasteiger partial charge on any atom is -0.271 e. The van der Waals surface area contributed by atoms with Crippen molar-refractivity contribution in [3.63, 3.8) is 0 Å². The zero-order valence-electron chi connectivity index (χ0n) is 11.2. The van der Waals surface area contributed by atoms with E-state index in [1.165, 1.54) is 0 Å². The van der Waals surface area contributed by atoms with Crippen molar-refractivity contribution in [1.82, 2.24) is 15.4 Å². The third kappa shape index (κ3) is 2.15. The molecule has 0 saturated heterocycles. The molecule has 0 amide bonds. The van der Waals surface area contributed by atoms with Crippen LogP contribution in [0.15, 0.2) is 55.0 Å². The van der Waals surface area contributed by atoms with E-state index >= 15 is 0 Å². The number of aromatic nitrogens is 2. The Balaban J connectivity index is 2.20. The first-order valence-electron chi connectivity index (χ1n) is 6.51. The maximum atomic E-state index is 5.80. The molecule has 20 heavy (non-hydrogen) atoms. The zero-order chi connectivity index (χ0) is 13.9. The number of para-hydroxylation sites is 1. The summed E-state index contributed by atoms with van der Waals surface area (Å²) in [7, 11) is 0. The van der Waals surface area contributed by atoms with E-state index in [0.717, 1.165) is 27.6 Å². The van der Waals surface area contributed by atoms with E-state index in [-0.39, 0.29) is 6.04 Å². The molecular weight excluding hydrogens is 248 g/mol. The number of hydrogen-bond acceptors (Lipinski definition) is 4. The Bertz CT molecular complexity index is 734. The summed E-state index contributed by atoms with van der Waals surface area (Å²) in [6.45, 7) is 2.03. The van der Waals surface area contributed by atoms with Crippen LogP contribution in [0.25, 0.3) is 10.9 Å². The minimum atomic E-state index is -0.100. The van der Waals surface area contributed by atoms with Gasteiger partial charge in [-0.1, -0.05) is 24.3 Å². The number of hydrazine groups is 1. The monoisotopic (exact) mass is 264 g/mol. The highest BCUT2D eigenvalue weighted by atomic mass is 15.2. The van der Waals surface area contributed by atoms with Gasteiger partial charge in [-0.05, 0) is 30.2 Å². The van der Waals surface area contributed by atoms with Gasteiger partial charge in [0.1, 0.15) is 0 Å². The lowest BCUT2D eigenvalue weighted by molar-refractivity contribution is 0.636. The molecule has 0 aliphatic heterocycles. The lowest BCUT2D eigenvalue weighted by Crippen LogP contribution is -2.29. The molecule has 0 bridgehead atoms. The van der Waals surface area contributed by atoms with E-state index in [0.29, 0.717) is 0 Å². The molecule has 0 fully saturated rings. The lowest BCUT2D eigenvalue weighted by Gasteiger charge is -2.19. The molecule has 1 aromatic carbocycles. The quantitative estimate of drug-likeness (QED) is 0.563. The second-order valence-electron chi connectivity index (χ2n) is 4.75. The van der Waals surface area contributed by atoms with Crippen molar-refractivity contribution in [1.29, 1.82) is 0 Å². The van der Waals surface area contributed by atoms with E-state index in [1.54, 1.807) is 12.4 Å². The molecule has 1 atom stereocenters. The molecule has 2 aromatic heterocycles. The van der Waals surface area contributed by atoms with Crippen LogP contribution in [0.2, 0.25) is 0 Å². The number of pyridine rings is 2. The first kappa shape index (κ1) is 12.7. The van der Waals surface area contributed by atoms with Crippen LogP contribution < -0.4 is 11.3 Å². The predicted molar refractivity (Wildman–Crippen MR) is 79.9 cm³/mol. The summed E-state index contributed by atoms with van der Waals surface area (Å²) in [5, 5.41) is 1.11. The van der Waals surface area contributed by atoms with Gasteiger partial charge in [0.15, 0.2) is 0 Å². The van der Waals surface area contributed by atoms with Gasteiger partial charge in [-0.15, -0.1) is 0 Å². The summed E-state index contributed by atoms with van der Waals surface area (Å²) in [5.41, 5.74) is 7.15. The third-order valence-electron chi connectivity index (χ3n) is 3.52. The molecule has 100 valence electrons. The van der Waals surface area contributed by atoms with E-state index in [9.17, 15) is 0 Å². The van der Waals surface area contributed by atoms with E-state index in [4.69, 9.17) is 5.84 Å². The number of aryl methyl sites for hydroxylation is 1. The summed E-state index contributed by atoms with van der Waals surface area (Å²) >= 11 is 0. The molecule has 2 heterocycles. The van der Waals surface area contributed by atoms with Crippen LogP contribution in [0.1, 0.15) is 22.7 Å². The van der Waals surface area contributed by atoms with Crippen molar-refractivity contribution >= 4 is 10.9 Å². The van der Waals surface area contributed by atoms with Crippen LogP contribution in [0.3, 0.4) is 0 Å². The Morgan fingerprint density at radius 1 is 1.05 bits per heavy atom. The van der Waals surface area contributed by atoms with Gasteiger partial charge in [-0.3, -0.25) is 15.8 Å². The molecular formula is C16H16N4. The van der Waals surface area contributed by atoms with Gasteiger partial charge in [0, 0.05) is 29.5 Å². The maximum absolute atomic E-state index is 5.80. The van der Waals surface area contributed by atoms with Gasteiger partial charge >= 0.3 is 0 Å². The highest BCUT2D eigenvalue weighted by Gasteiger charge is 2.17. The summed E-state index contributed by atoms with van der Waals surface area (Å²) in [6, 6.07) is 12.0. The van der Waals surface area contributed by atoms with Gasteiger partial charge in [0.2, 0.25) is 0 Å². The highest BCUT2D eigenvalue weighted by Crippen LogP contribution is 2.28. The van der Waals surface area contributed by atoms with Crippen LogP contribution in [0, 0.1) is 6.92 Å². The smallest absolute Gasteiger partial charge is 0.0753 e. The number of rotatable bonds is 3. The van der Waals surface area contributed by atoms with Crippen LogP contribution in [0.4, 0.5) is 0 Å². The fourth-order valence-electron chi connectivity index (χ4n) is 2.52. The number of nitrogens with two attached hydrogens (primary N) is 1. The minimum absolute atomic E-state index is 0.100. The van der Waals surface area contributed by atoms with Crippen LogP contribution in [-0.2, 0) is 0 Å². The first-order valence-corrected chi connectivity index (χ1v) is 6.51. The average Bonchev–Trinajstić information content (AvgIpc) is 2.50. The summed E-state index contributed by atoms with van der Waals surface area (Å²) in [5.74, 6) is 5.80. The number of hydrogen-bond donors (Lipinski definition) is 2. The SMILES string of the molecule is Cc1cnccc1C(NN)c1cccc2cccnc12. The molecule has 0 saturated carbocycles. The maximum Gasteiger partial charge on any atom is 0.0753 e. The Hall–Kier alpha value is -2.30. The molecule has 0 spiro atoms. The fourth-order valence-corrected chi connectivity index (χ4v) is 2.52. The summed E-state index contributed by atoms with van der Waals surface area (Å²) in [4.78, 5) is 8.63. The molecule has 1 unspecified atom stereocenters. The molecule has 4 nitrogen and oxygen atoms in total. The lowest BCUT2D eigenvalue weighted by atomic mass is 9.95. The van der Waals surface area contributed by atoms with Crippen molar-refractivity contribution in [2.24, 2.45) is 5.84 Å². The van der Waals surface area contributed by atoms with Gasteiger partial charge < -0.3 is 0 Å². The molecule has 0 aliphatic rings. The van der Waals surface area contributed by atoms with Crippen molar-refractivity contribution in [3.05, 3.63) is 71.7 Å². The molecule has 4 heteroatoms. The molecule has 0 radical (unpaired) electrons. The highest BCUT2D eigenvalue weighted by molar-refractivity contribution is 5.82. The largest absolute Gasteiger partial charge is 0.271 e. The Morgan fingerprint density at radius 3 is 2.70 bits per heavy atom. The second kappa shape index (κ2) is 5.36. The number of benzene rings is 1. The number of nitrogens with one attached hydrogen (secondary N) is 1. The molecule has 3 N–H and O–H groups in total. The van der Waals surface area contributed by atoms with E-state index in [2.05, 4.69) is 33.6 Å². The van der Waals surface area contributed by atoms with Crippen molar-refractivity contribution in [3.8, 4) is 0 Å². The standard InChI is InChI=1S/C16H16N4/c1-11-10-18-9-7-13(11)16(20-17)14-6-2-4-12-5-3-8-19-15(12)14/h2-10,16,20H,17H2,1H3. The van der Waals surface area contributed by atoms with Crippen LogP contribution >= 0.6 is 0 Å². The van der Waals surface area contributed by atoms with Gasteiger partial charge in [0.05, 0.1) is 11.6 Å². The van der Waals surface area contributed by atoms with Crippen LogP contribution in [0.5, 0.6) is 0 Å². The van der Waals surface area contributed by atoms with Crippen molar-refractivity contribution in [2.45, 2.75) is 13.0 Å². The normalized spacial score (nSPS) is 12.5. The summed E-state index contributed by atoms with van der Waals surface area (Å²) in [6.07, 6.45) is 5.43. The molecule has 0 aliphatic carbocycles. The van der Waals surface area contributed by atoms with E-state index < -0.39 is 0 Å². The fraction of sp³-hybridized carbons (Fsp3) is 0.125. The predicted octanol–water partition coefficient (Wildman–Crippen LogP) is 2.49. The number of nitrogens with zero attached hydrogens (tertiary/aromatic N) is 2. The second-order valence-corrected chi connectivity index (χ2v) is 4.75. The van der Waals surface area contributed by atoms with Gasteiger partial charge in [0.25, 0.3) is 0 Å². The third-order valence-corrected chi connectivity index (χ3v) is 3.52. The Kier molecular flexibility index (Phi) is 3.41. The van der Waals surface area contributed by atoms with Crippen molar-refractivity contribution in [2.75, 3.05) is 0 Å². The van der Waals surface area contributed by atoms with Crippen LogP contribution in [-0.4, -0.2) is 9.97 Å². The average molecular weight is 264 g/mol. The Labute approximate surface area is 117 Å². The summed E-state index contributed by atoms with van der Waals surface area (Å²) < 4.78 is 0.